The maximum Gasteiger partial charge on any atom is 0.251 e. The Morgan fingerprint density at radius 3 is 2.56 bits per heavy atom. The van der Waals surface area contributed by atoms with Gasteiger partial charge in [0.05, 0.1) is 0 Å². The van der Waals surface area contributed by atoms with Crippen LogP contribution in [0.5, 0.6) is 0 Å². The van der Waals surface area contributed by atoms with E-state index in [4.69, 9.17) is 11.6 Å². The van der Waals surface area contributed by atoms with E-state index in [1.165, 1.54) is 0 Å². The van der Waals surface area contributed by atoms with Gasteiger partial charge in [0.25, 0.3) is 5.91 Å². The molecule has 0 aliphatic heterocycles. The minimum Gasteiger partial charge on any atom is -0.348 e. The summed E-state index contributed by atoms with van der Waals surface area (Å²) in [5.74, 6) is -0.0846. The van der Waals surface area contributed by atoms with E-state index in [2.05, 4.69) is 5.32 Å². The van der Waals surface area contributed by atoms with Gasteiger partial charge in [-0.3, -0.25) is 4.79 Å². The SMILES string of the molecule is Cc1cc(C(=O)NCc2ccccc2)ccc1Cl. The fraction of sp³-hybridized carbons (Fsp3) is 0.133. The summed E-state index contributed by atoms with van der Waals surface area (Å²) in [5.41, 5.74) is 2.62. The molecule has 0 atom stereocenters. The Balaban J connectivity index is 2.02. The smallest absolute Gasteiger partial charge is 0.251 e. The van der Waals surface area contributed by atoms with Crippen molar-refractivity contribution in [2.24, 2.45) is 0 Å². The third kappa shape index (κ3) is 3.11. The highest BCUT2D eigenvalue weighted by atomic mass is 35.5. The summed E-state index contributed by atoms with van der Waals surface area (Å²) in [6.45, 7) is 2.41. The average Bonchev–Trinajstić information content (AvgIpc) is 2.40. The first-order valence-corrected chi connectivity index (χ1v) is 6.13. The lowest BCUT2D eigenvalue weighted by Gasteiger charge is -2.06. The summed E-state index contributed by atoms with van der Waals surface area (Å²) >= 11 is 5.93. The monoisotopic (exact) mass is 259 g/mol. The van der Waals surface area contributed by atoms with Crippen LogP contribution in [0.25, 0.3) is 0 Å². The number of rotatable bonds is 3. The van der Waals surface area contributed by atoms with Gasteiger partial charge in [-0.1, -0.05) is 41.9 Å². The summed E-state index contributed by atoms with van der Waals surface area (Å²) in [5, 5.41) is 3.56. The van der Waals surface area contributed by atoms with Crippen molar-refractivity contribution < 1.29 is 4.79 Å². The van der Waals surface area contributed by atoms with Crippen molar-refractivity contribution >= 4 is 17.5 Å². The van der Waals surface area contributed by atoms with Crippen LogP contribution in [-0.4, -0.2) is 5.91 Å². The van der Waals surface area contributed by atoms with Gasteiger partial charge in [0.15, 0.2) is 0 Å². The van der Waals surface area contributed by atoms with Crippen LogP contribution in [0.1, 0.15) is 21.5 Å². The maximum atomic E-state index is 11.9. The van der Waals surface area contributed by atoms with Crippen LogP contribution in [0.4, 0.5) is 0 Å². The summed E-state index contributed by atoms with van der Waals surface area (Å²) in [7, 11) is 0. The second-order valence-corrected chi connectivity index (χ2v) is 4.54. The molecular weight excluding hydrogens is 246 g/mol. The molecule has 0 saturated carbocycles. The highest BCUT2D eigenvalue weighted by Crippen LogP contribution is 2.16. The second-order valence-electron chi connectivity index (χ2n) is 4.13. The molecule has 2 rings (SSSR count). The van der Waals surface area contributed by atoms with E-state index in [1.54, 1.807) is 18.2 Å². The molecule has 92 valence electrons. The molecule has 0 aliphatic rings. The zero-order valence-electron chi connectivity index (χ0n) is 10.1. The zero-order chi connectivity index (χ0) is 13.0. The lowest BCUT2D eigenvalue weighted by Crippen LogP contribution is -2.22. The van der Waals surface area contributed by atoms with Crippen LogP contribution >= 0.6 is 11.6 Å². The first-order valence-electron chi connectivity index (χ1n) is 5.75. The zero-order valence-corrected chi connectivity index (χ0v) is 10.9. The summed E-state index contributed by atoms with van der Waals surface area (Å²) in [6, 6.07) is 15.1. The standard InChI is InChI=1S/C15H14ClNO/c1-11-9-13(7-8-14(11)16)15(18)17-10-12-5-3-2-4-6-12/h2-9H,10H2,1H3,(H,17,18). The van der Waals surface area contributed by atoms with Crippen LogP contribution in [0.3, 0.4) is 0 Å². The van der Waals surface area contributed by atoms with E-state index in [9.17, 15) is 4.79 Å². The number of halogens is 1. The van der Waals surface area contributed by atoms with Gasteiger partial charge >= 0.3 is 0 Å². The lowest BCUT2D eigenvalue weighted by molar-refractivity contribution is 0.0951. The van der Waals surface area contributed by atoms with Gasteiger partial charge in [0.1, 0.15) is 0 Å². The molecular formula is C15H14ClNO. The summed E-state index contributed by atoms with van der Waals surface area (Å²) in [6.07, 6.45) is 0. The van der Waals surface area contributed by atoms with Gasteiger partial charge < -0.3 is 5.32 Å². The van der Waals surface area contributed by atoms with E-state index >= 15 is 0 Å². The third-order valence-electron chi connectivity index (χ3n) is 2.72. The van der Waals surface area contributed by atoms with Crippen molar-refractivity contribution in [3.63, 3.8) is 0 Å². The topological polar surface area (TPSA) is 29.1 Å². The summed E-state index contributed by atoms with van der Waals surface area (Å²) < 4.78 is 0. The number of carbonyl (C=O) groups is 1. The highest BCUT2D eigenvalue weighted by Gasteiger charge is 2.06. The van der Waals surface area contributed by atoms with Gasteiger partial charge in [-0.2, -0.15) is 0 Å². The number of hydrogen-bond acceptors (Lipinski definition) is 1. The number of hydrogen-bond donors (Lipinski definition) is 1. The molecule has 2 aromatic rings. The third-order valence-corrected chi connectivity index (χ3v) is 3.14. The Bertz CT molecular complexity index is 552. The summed E-state index contributed by atoms with van der Waals surface area (Å²) in [4.78, 5) is 11.9. The van der Waals surface area contributed by atoms with Crippen LogP contribution < -0.4 is 5.32 Å². The van der Waals surface area contributed by atoms with Gasteiger partial charge in [0.2, 0.25) is 0 Å². The van der Waals surface area contributed by atoms with Crippen LogP contribution in [0.2, 0.25) is 5.02 Å². The molecule has 1 N–H and O–H groups in total. The first kappa shape index (κ1) is 12.7. The Labute approximate surface area is 112 Å². The molecule has 0 saturated heterocycles. The second kappa shape index (κ2) is 5.69. The Morgan fingerprint density at radius 1 is 1.17 bits per heavy atom. The van der Waals surface area contributed by atoms with E-state index in [0.29, 0.717) is 17.1 Å². The molecule has 0 heterocycles. The van der Waals surface area contributed by atoms with Gasteiger partial charge in [-0.25, -0.2) is 0 Å². The van der Waals surface area contributed by atoms with Crippen molar-refractivity contribution in [1.82, 2.24) is 5.32 Å². The maximum absolute atomic E-state index is 11.9. The molecule has 0 bridgehead atoms. The Kier molecular flexibility index (Phi) is 4.00. The fourth-order valence-corrected chi connectivity index (χ4v) is 1.78. The van der Waals surface area contributed by atoms with Crippen LogP contribution in [0.15, 0.2) is 48.5 Å². The molecule has 2 nitrogen and oxygen atoms in total. The fourth-order valence-electron chi connectivity index (χ4n) is 1.67. The molecule has 18 heavy (non-hydrogen) atoms. The lowest BCUT2D eigenvalue weighted by atomic mass is 10.1. The predicted molar refractivity (Wildman–Crippen MR) is 73.8 cm³/mol. The van der Waals surface area contributed by atoms with Crippen molar-refractivity contribution in [3.05, 3.63) is 70.2 Å². The number of benzene rings is 2. The number of aryl methyl sites for hydroxylation is 1. The number of amides is 1. The molecule has 0 spiro atoms. The molecule has 0 radical (unpaired) electrons. The van der Waals surface area contributed by atoms with Gasteiger partial charge in [-0.05, 0) is 36.2 Å². The van der Waals surface area contributed by atoms with Gasteiger partial charge in [0, 0.05) is 17.1 Å². The van der Waals surface area contributed by atoms with Crippen molar-refractivity contribution in [3.8, 4) is 0 Å². The molecule has 0 unspecified atom stereocenters. The molecule has 2 aromatic carbocycles. The normalized spacial score (nSPS) is 10.1. The molecule has 3 heteroatoms. The Morgan fingerprint density at radius 2 is 1.89 bits per heavy atom. The Hall–Kier alpha value is -1.80. The van der Waals surface area contributed by atoms with E-state index in [1.807, 2.05) is 37.3 Å². The van der Waals surface area contributed by atoms with E-state index in [0.717, 1.165) is 11.1 Å². The number of carbonyl (C=O) groups excluding carboxylic acids is 1. The van der Waals surface area contributed by atoms with Crippen molar-refractivity contribution in [1.29, 1.82) is 0 Å². The quantitative estimate of drug-likeness (QED) is 0.897. The number of nitrogens with one attached hydrogen (secondary N) is 1. The first-order chi connectivity index (χ1) is 8.66. The van der Waals surface area contributed by atoms with E-state index < -0.39 is 0 Å². The molecule has 0 aromatic heterocycles. The van der Waals surface area contributed by atoms with Crippen molar-refractivity contribution in [2.45, 2.75) is 13.5 Å². The average molecular weight is 260 g/mol. The molecule has 1 amide bonds. The van der Waals surface area contributed by atoms with E-state index in [-0.39, 0.29) is 5.91 Å². The minimum absolute atomic E-state index is 0.0846. The predicted octanol–water partition coefficient (Wildman–Crippen LogP) is 3.58. The highest BCUT2D eigenvalue weighted by molar-refractivity contribution is 6.31. The largest absolute Gasteiger partial charge is 0.348 e. The van der Waals surface area contributed by atoms with Crippen LogP contribution in [-0.2, 0) is 6.54 Å². The van der Waals surface area contributed by atoms with Crippen LogP contribution in [0, 0.1) is 6.92 Å². The molecule has 0 aliphatic carbocycles. The van der Waals surface area contributed by atoms with Crippen molar-refractivity contribution in [2.75, 3.05) is 0 Å². The van der Waals surface area contributed by atoms with Gasteiger partial charge in [-0.15, -0.1) is 0 Å². The molecule has 0 fully saturated rings. The minimum atomic E-state index is -0.0846.